The maximum atomic E-state index is 2.43. The molecule has 2 fully saturated rings. The highest BCUT2D eigenvalue weighted by molar-refractivity contribution is 5.10. The van der Waals surface area contributed by atoms with Crippen LogP contribution in [0.1, 0.15) is 40.0 Å². The molecule has 0 N–H and O–H groups in total. The molecule has 58 valence electrons. The summed E-state index contributed by atoms with van der Waals surface area (Å²) in [6.07, 6.45) is 4.57. The van der Waals surface area contributed by atoms with Gasteiger partial charge in [0.25, 0.3) is 0 Å². The van der Waals surface area contributed by atoms with Gasteiger partial charge in [0.1, 0.15) is 0 Å². The summed E-state index contributed by atoms with van der Waals surface area (Å²) in [7, 11) is 0. The molecular weight excluding hydrogens is 120 g/mol. The molecule has 0 aromatic heterocycles. The molecule has 3 atom stereocenters. The first-order valence-electron chi connectivity index (χ1n) is 4.67. The van der Waals surface area contributed by atoms with Crippen molar-refractivity contribution in [2.45, 2.75) is 40.0 Å². The Hall–Kier alpha value is 0. The van der Waals surface area contributed by atoms with Crippen LogP contribution in [0.2, 0.25) is 0 Å². The van der Waals surface area contributed by atoms with Gasteiger partial charge in [0.15, 0.2) is 0 Å². The predicted molar refractivity (Wildman–Crippen MR) is 43.8 cm³/mol. The molecule has 0 spiro atoms. The van der Waals surface area contributed by atoms with Crippen LogP contribution in [-0.2, 0) is 0 Å². The number of fused-ring (bicyclic) bond motifs is 1. The molecule has 0 aliphatic heterocycles. The lowest BCUT2D eigenvalue weighted by atomic mass is 9.90. The van der Waals surface area contributed by atoms with Crippen LogP contribution >= 0.6 is 0 Å². The van der Waals surface area contributed by atoms with E-state index in [-0.39, 0.29) is 0 Å². The van der Waals surface area contributed by atoms with Gasteiger partial charge in [0.05, 0.1) is 0 Å². The van der Waals surface area contributed by atoms with Crippen LogP contribution in [0.5, 0.6) is 0 Å². The van der Waals surface area contributed by atoms with Gasteiger partial charge in [0.2, 0.25) is 0 Å². The zero-order chi connectivity index (χ0) is 7.35. The van der Waals surface area contributed by atoms with E-state index in [1.54, 1.807) is 6.42 Å². The predicted octanol–water partition coefficient (Wildman–Crippen LogP) is 3.08. The summed E-state index contributed by atoms with van der Waals surface area (Å²) >= 11 is 0. The summed E-state index contributed by atoms with van der Waals surface area (Å²) in [5.41, 5.74) is 0.833. The van der Waals surface area contributed by atoms with Crippen molar-refractivity contribution in [2.24, 2.45) is 23.2 Å². The van der Waals surface area contributed by atoms with Gasteiger partial charge < -0.3 is 0 Å². The normalized spacial score (nSPS) is 51.6. The minimum Gasteiger partial charge on any atom is -0.0622 e. The molecule has 0 unspecified atom stereocenters. The molecule has 2 saturated carbocycles. The van der Waals surface area contributed by atoms with E-state index in [4.69, 9.17) is 0 Å². The standard InChI is InChI=1S/C10H18/c1-7(2)10-5-4-8(3)9(10)6-10/h7-9H,4-6H2,1-3H3/t8-,9+,10+/m0/s1. The maximum absolute atomic E-state index is 2.43. The summed E-state index contributed by atoms with van der Waals surface area (Å²) in [5, 5.41) is 0. The molecule has 2 aliphatic carbocycles. The summed E-state index contributed by atoms with van der Waals surface area (Å²) in [4.78, 5) is 0. The van der Waals surface area contributed by atoms with Gasteiger partial charge in [-0.15, -0.1) is 0 Å². The lowest BCUT2D eigenvalue weighted by Gasteiger charge is -2.15. The third-order valence-corrected chi connectivity index (χ3v) is 4.08. The van der Waals surface area contributed by atoms with Gasteiger partial charge in [-0.3, -0.25) is 0 Å². The van der Waals surface area contributed by atoms with Crippen molar-refractivity contribution in [1.29, 1.82) is 0 Å². The minimum absolute atomic E-state index is 0.833. The van der Waals surface area contributed by atoms with Crippen LogP contribution in [0, 0.1) is 23.2 Å². The molecule has 2 rings (SSSR count). The Morgan fingerprint density at radius 1 is 1.40 bits per heavy atom. The van der Waals surface area contributed by atoms with Crippen LogP contribution in [0.25, 0.3) is 0 Å². The van der Waals surface area contributed by atoms with Crippen LogP contribution in [0.15, 0.2) is 0 Å². The second kappa shape index (κ2) is 1.78. The molecular formula is C10H18. The van der Waals surface area contributed by atoms with Crippen molar-refractivity contribution >= 4 is 0 Å². The summed E-state index contributed by atoms with van der Waals surface area (Å²) in [5.74, 6) is 3.11. The van der Waals surface area contributed by atoms with E-state index in [1.165, 1.54) is 12.8 Å². The minimum atomic E-state index is 0.833. The first kappa shape index (κ1) is 6.69. The zero-order valence-corrected chi connectivity index (χ0v) is 7.35. The van der Waals surface area contributed by atoms with E-state index < -0.39 is 0 Å². The molecule has 0 heteroatoms. The average Bonchev–Trinajstić information content (AvgIpc) is 2.52. The van der Waals surface area contributed by atoms with E-state index in [0.717, 1.165) is 23.2 Å². The molecule has 0 saturated heterocycles. The Balaban J connectivity index is 2.11. The Kier molecular flexibility index (Phi) is 1.19. The lowest BCUT2D eigenvalue weighted by molar-refractivity contribution is 0.342. The fourth-order valence-electron chi connectivity index (χ4n) is 3.06. The van der Waals surface area contributed by atoms with Gasteiger partial charge in [-0.1, -0.05) is 20.8 Å². The fourth-order valence-corrected chi connectivity index (χ4v) is 3.06. The van der Waals surface area contributed by atoms with Gasteiger partial charge in [-0.05, 0) is 42.4 Å². The quantitative estimate of drug-likeness (QED) is 0.522. The number of rotatable bonds is 1. The molecule has 0 nitrogen and oxygen atoms in total. The lowest BCUT2D eigenvalue weighted by Crippen LogP contribution is -2.07. The van der Waals surface area contributed by atoms with Gasteiger partial charge in [-0.2, -0.15) is 0 Å². The smallest absolute Gasteiger partial charge is 0.0240 e. The van der Waals surface area contributed by atoms with Crippen molar-refractivity contribution in [1.82, 2.24) is 0 Å². The molecule has 0 aromatic rings. The second-order valence-electron chi connectivity index (χ2n) is 4.71. The summed E-state index contributed by atoms with van der Waals surface area (Å²) in [6.45, 7) is 7.23. The van der Waals surface area contributed by atoms with E-state index >= 15 is 0 Å². The average molecular weight is 138 g/mol. The highest BCUT2D eigenvalue weighted by Crippen LogP contribution is 2.69. The largest absolute Gasteiger partial charge is 0.0622 e. The number of hydrogen-bond acceptors (Lipinski definition) is 0. The van der Waals surface area contributed by atoms with Gasteiger partial charge in [0, 0.05) is 0 Å². The highest BCUT2D eigenvalue weighted by atomic mass is 14.7. The Morgan fingerprint density at radius 3 is 2.30 bits per heavy atom. The first-order valence-corrected chi connectivity index (χ1v) is 4.67. The van der Waals surface area contributed by atoms with E-state index in [9.17, 15) is 0 Å². The van der Waals surface area contributed by atoms with Crippen LogP contribution < -0.4 is 0 Å². The van der Waals surface area contributed by atoms with Crippen LogP contribution in [-0.4, -0.2) is 0 Å². The third kappa shape index (κ3) is 0.627. The summed E-state index contributed by atoms with van der Waals surface area (Å²) in [6, 6.07) is 0. The highest BCUT2D eigenvalue weighted by Gasteiger charge is 2.61. The molecule has 0 heterocycles. The van der Waals surface area contributed by atoms with Gasteiger partial charge in [-0.25, -0.2) is 0 Å². The van der Waals surface area contributed by atoms with Gasteiger partial charge >= 0.3 is 0 Å². The maximum Gasteiger partial charge on any atom is -0.0240 e. The molecule has 10 heavy (non-hydrogen) atoms. The zero-order valence-electron chi connectivity index (χ0n) is 7.35. The van der Waals surface area contributed by atoms with Crippen molar-refractivity contribution in [2.75, 3.05) is 0 Å². The van der Waals surface area contributed by atoms with E-state index in [1.807, 2.05) is 0 Å². The fraction of sp³-hybridized carbons (Fsp3) is 1.00. The van der Waals surface area contributed by atoms with Crippen LogP contribution in [0.3, 0.4) is 0 Å². The Morgan fingerprint density at radius 2 is 2.10 bits per heavy atom. The second-order valence-corrected chi connectivity index (χ2v) is 4.71. The van der Waals surface area contributed by atoms with E-state index in [0.29, 0.717) is 0 Å². The topological polar surface area (TPSA) is 0 Å². The molecule has 0 aromatic carbocycles. The molecule has 2 aliphatic rings. The molecule has 0 radical (unpaired) electrons. The number of hydrogen-bond donors (Lipinski definition) is 0. The van der Waals surface area contributed by atoms with Crippen LogP contribution in [0.4, 0.5) is 0 Å². The summed E-state index contributed by atoms with van der Waals surface area (Å²) < 4.78 is 0. The Bertz CT molecular complexity index is 148. The van der Waals surface area contributed by atoms with Crippen molar-refractivity contribution in [3.05, 3.63) is 0 Å². The van der Waals surface area contributed by atoms with Crippen molar-refractivity contribution in [3.63, 3.8) is 0 Å². The monoisotopic (exact) mass is 138 g/mol. The third-order valence-electron chi connectivity index (χ3n) is 4.08. The SMILES string of the molecule is CC(C)[C@]12CC[C@H](C)[C@H]1C2. The first-order chi connectivity index (χ1) is 4.67. The van der Waals surface area contributed by atoms with Crippen molar-refractivity contribution in [3.8, 4) is 0 Å². The molecule has 0 bridgehead atoms. The van der Waals surface area contributed by atoms with E-state index in [2.05, 4.69) is 20.8 Å². The molecule has 0 amide bonds. The Labute approximate surface area is 64.0 Å². The van der Waals surface area contributed by atoms with Crippen molar-refractivity contribution < 1.29 is 0 Å².